The van der Waals surface area contributed by atoms with Gasteiger partial charge in [-0.05, 0) is 20.8 Å². The van der Waals surface area contributed by atoms with Gasteiger partial charge in [0.25, 0.3) is 0 Å². The Balaban J connectivity index is 4.39. The number of oxime groups is 1. The molecule has 0 radical (unpaired) electrons. The molecule has 0 unspecified atom stereocenters. The van der Waals surface area contributed by atoms with E-state index in [1.165, 1.54) is 0 Å². The molecule has 0 fully saturated rings. The summed E-state index contributed by atoms with van der Waals surface area (Å²) in [7, 11) is -3.17. The van der Waals surface area contributed by atoms with Gasteiger partial charge in [-0.15, -0.1) is 0 Å². The molecule has 0 amide bonds. The van der Waals surface area contributed by atoms with Crippen molar-refractivity contribution in [2.24, 2.45) is 10.9 Å². The molecule has 5 nitrogen and oxygen atoms in total. The van der Waals surface area contributed by atoms with Crippen LogP contribution in [-0.4, -0.2) is 30.0 Å². The van der Waals surface area contributed by atoms with Crippen molar-refractivity contribution in [2.45, 2.75) is 31.9 Å². The molecule has 3 N–H and O–H groups in total. The maximum atomic E-state index is 11.5. The minimum Gasteiger partial charge on any atom is -0.409 e. The van der Waals surface area contributed by atoms with Crippen molar-refractivity contribution < 1.29 is 13.6 Å². The van der Waals surface area contributed by atoms with Crippen LogP contribution in [0.1, 0.15) is 27.2 Å². The summed E-state index contributed by atoms with van der Waals surface area (Å²) < 4.78 is 22.2. The lowest BCUT2D eigenvalue weighted by Crippen LogP contribution is -2.32. The molecule has 0 spiro atoms. The monoisotopic (exact) mass is 208 g/mol. The molecule has 0 saturated heterocycles. The lowest BCUT2D eigenvalue weighted by molar-refractivity contribution is 0.317. The molecule has 0 aromatic carbocycles. The summed E-state index contributed by atoms with van der Waals surface area (Å²) in [6.45, 7) is 4.86. The van der Waals surface area contributed by atoms with Crippen molar-refractivity contribution in [3.05, 3.63) is 0 Å². The zero-order valence-electron chi connectivity index (χ0n) is 8.11. The van der Waals surface area contributed by atoms with Gasteiger partial charge in [0.15, 0.2) is 9.84 Å². The molecule has 0 aliphatic rings. The molecule has 0 aromatic rings. The van der Waals surface area contributed by atoms with Gasteiger partial charge in [0.2, 0.25) is 0 Å². The van der Waals surface area contributed by atoms with Gasteiger partial charge in [0, 0.05) is 6.42 Å². The molecule has 6 heteroatoms. The summed E-state index contributed by atoms with van der Waals surface area (Å²) in [5, 5.41) is 10.9. The fourth-order valence-electron chi connectivity index (χ4n) is 0.595. The van der Waals surface area contributed by atoms with Crippen LogP contribution in [0.5, 0.6) is 0 Å². The van der Waals surface area contributed by atoms with Crippen molar-refractivity contribution in [1.82, 2.24) is 0 Å². The first-order chi connectivity index (χ1) is 5.70. The predicted molar refractivity (Wildman–Crippen MR) is 51.6 cm³/mol. The Bertz CT molecular complexity index is 287. The molecular weight excluding hydrogens is 192 g/mol. The van der Waals surface area contributed by atoms with E-state index in [2.05, 4.69) is 5.16 Å². The highest BCUT2D eigenvalue weighted by molar-refractivity contribution is 7.92. The predicted octanol–water partition coefficient (Wildman–Crippen LogP) is 0.336. The smallest absolute Gasteiger partial charge is 0.155 e. The largest absolute Gasteiger partial charge is 0.409 e. The van der Waals surface area contributed by atoms with Crippen LogP contribution in [0.3, 0.4) is 0 Å². The quantitative estimate of drug-likeness (QED) is 0.302. The summed E-state index contributed by atoms with van der Waals surface area (Å²) in [5.74, 6) is -0.153. The SMILES string of the molecule is CC(C)(C)S(=O)(=O)CCC(N)=NO. The van der Waals surface area contributed by atoms with E-state index in [0.717, 1.165) is 0 Å². The maximum absolute atomic E-state index is 11.5. The van der Waals surface area contributed by atoms with Gasteiger partial charge >= 0.3 is 0 Å². The van der Waals surface area contributed by atoms with E-state index < -0.39 is 14.6 Å². The number of hydrogen-bond donors (Lipinski definition) is 2. The third-order valence-electron chi connectivity index (χ3n) is 1.69. The molecule has 0 aliphatic heterocycles. The van der Waals surface area contributed by atoms with Crippen molar-refractivity contribution in [1.29, 1.82) is 0 Å². The lowest BCUT2D eigenvalue weighted by atomic mass is 10.3. The van der Waals surface area contributed by atoms with Gasteiger partial charge in [0.1, 0.15) is 5.84 Å². The number of sulfone groups is 1. The summed E-state index contributed by atoms with van der Waals surface area (Å²) in [4.78, 5) is 0. The Kier molecular flexibility index (Phi) is 3.71. The topological polar surface area (TPSA) is 92.8 Å². The standard InChI is InChI=1S/C7H16N2O3S/c1-7(2,3)13(11,12)5-4-6(8)9-10/h10H,4-5H2,1-3H3,(H2,8,9). The maximum Gasteiger partial charge on any atom is 0.155 e. The first-order valence-corrected chi connectivity index (χ1v) is 5.54. The Morgan fingerprint density at radius 3 is 2.23 bits per heavy atom. The van der Waals surface area contributed by atoms with Crippen LogP contribution in [0, 0.1) is 0 Å². The van der Waals surface area contributed by atoms with Crippen LogP contribution in [-0.2, 0) is 9.84 Å². The van der Waals surface area contributed by atoms with Crippen molar-refractivity contribution in [3.63, 3.8) is 0 Å². The number of nitrogens with zero attached hydrogens (tertiary/aromatic N) is 1. The van der Waals surface area contributed by atoms with E-state index in [0.29, 0.717) is 0 Å². The highest BCUT2D eigenvalue weighted by Gasteiger charge is 2.28. The molecule has 0 saturated carbocycles. The molecule has 0 aromatic heterocycles. The second-order valence-corrected chi connectivity index (χ2v) is 6.64. The first-order valence-electron chi connectivity index (χ1n) is 3.89. The van der Waals surface area contributed by atoms with Crippen LogP contribution in [0.25, 0.3) is 0 Å². The Hall–Kier alpha value is -0.780. The van der Waals surface area contributed by atoms with E-state index in [9.17, 15) is 8.42 Å². The van der Waals surface area contributed by atoms with E-state index in [1.807, 2.05) is 0 Å². The number of nitrogens with two attached hydrogens (primary N) is 1. The van der Waals surface area contributed by atoms with Gasteiger partial charge in [0.05, 0.1) is 10.5 Å². The van der Waals surface area contributed by atoms with E-state index in [1.54, 1.807) is 20.8 Å². The second kappa shape index (κ2) is 3.95. The summed E-state index contributed by atoms with van der Waals surface area (Å²) >= 11 is 0. The molecule has 0 atom stereocenters. The highest BCUT2D eigenvalue weighted by Crippen LogP contribution is 2.16. The Morgan fingerprint density at radius 1 is 1.46 bits per heavy atom. The third kappa shape index (κ3) is 3.63. The molecule has 0 aliphatic carbocycles. The van der Waals surface area contributed by atoms with Crippen LogP contribution < -0.4 is 5.73 Å². The molecular formula is C7H16N2O3S. The highest BCUT2D eigenvalue weighted by atomic mass is 32.2. The van der Waals surface area contributed by atoms with Crippen molar-refractivity contribution in [2.75, 3.05) is 5.75 Å². The third-order valence-corrected chi connectivity index (χ3v) is 4.30. The molecule has 0 heterocycles. The number of rotatable bonds is 3. The van der Waals surface area contributed by atoms with E-state index >= 15 is 0 Å². The van der Waals surface area contributed by atoms with Gasteiger partial charge < -0.3 is 10.9 Å². The normalized spacial score (nSPS) is 14.5. The number of amidine groups is 1. The zero-order chi connectivity index (χ0) is 10.7. The van der Waals surface area contributed by atoms with E-state index in [4.69, 9.17) is 10.9 Å². The van der Waals surface area contributed by atoms with Crippen LogP contribution >= 0.6 is 0 Å². The molecule has 0 rings (SSSR count). The summed E-state index contributed by atoms with van der Waals surface area (Å²) in [5.41, 5.74) is 5.16. The number of hydrogen-bond acceptors (Lipinski definition) is 4. The lowest BCUT2D eigenvalue weighted by Gasteiger charge is -2.18. The fourth-order valence-corrected chi connectivity index (χ4v) is 1.69. The minimum atomic E-state index is -3.17. The van der Waals surface area contributed by atoms with Crippen LogP contribution in [0.4, 0.5) is 0 Å². The second-order valence-electron chi connectivity index (χ2n) is 3.77. The Morgan fingerprint density at radius 2 is 1.92 bits per heavy atom. The van der Waals surface area contributed by atoms with Crippen LogP contribution in [0.15, 0.2) is 5.16 Å². The zero-order valence-corrected chi connectivity index (χ0v) is 8.93. The summed E-state index contributed by atoms with van der Waals surface area (Å²) in [6, 6.07) is 0. The van der Waals surface area contributed by atoms with Crippen LogP contribution in [0.2, 0.25) is 0 Å². The first kappa shape index (κ1) is 12.2. The summed E-state index contributed by atoms with van der Waals surface area (Å²) in [6.07, 6.45) is 0.0656. The molecule has 78 valence electrons. The van der Waals surface area contributed by atoms with Gasteiger partial charge in [-0.25, -0.2) is 8.42 Å². The molecule has 0 bridgehead atoms. The van der Waals surface area contributed by atoms with E-state index in [-0.39, 0.29) is 18.0 Å². The average molecular weight is 208 g/mol. The van der Waals surface area contributed by atoms with Gasteiger partial charge in [-0.1, -0.05) is 5.16 Å². The minimum absolute atomic E-state index is 0.0622. The fraction of sp³-hybridized carbons (Fsp3) is 0.857. The molecule has 13 heavy (non-hydrogen) atoms. The van der Waals surface area contributed by atoms with Crippen molar-refractivity contribution in [3.8, 4) is 0 Å². The average Bonchev–Trinajstić information content (AvgIpc) is 1.98. The van der Waals surface area contributed by atoms with Crippen molar-refractivity contribution >= 4 is 15.7 Å². The van der Waals surface area contributed by atoms with Gasteiger partial charge in [-0.3, -0.25) is 0 Å². The van der Waals surface area contributed by atoms with Gasteiger partial charge in [-0.2, -0.15) is 0 Å². The Labute approximate surface area is 78.5 Å².